The molecular formula is C61H112NO8P. The topological polar surface area (TPSA) is 134 Å². The van der Waals surface area contributed by atoms with Crippen molar-refractivity contribution in [3.8, 4) is 0 Å². The molecule has 0 radical (unpaired) electrons. The molecule has 0 fully saturated rings. The van der Waals surface area contributed by atoms with Gasteiger partial charge in [-0.25, -0.2) is 4.57 Å². The van der Waals surface area contributed by atoms with Crippen LogP contribution in [0.25, 0.3) is 0 Å². The van der Waals surface area contributed by atoms with Crippen molar-refractivity contribution < 1.29 is 37.6 Å². The van der Waals surface area contributed by atoms with Crippen molar-refractivity contribution in [1.82, 2.24) is 0 Å². The fourth-order valence-electron chi connectivity index (χ4n) is 8.51. The Morgan fingerprint density at radius 1 is 0.437 bits per heavy atom. The average molecular weight is 1020 g/mol. The lowest BCUT2D eigenvalue weighted by Gasteiger charge is -2.19. The normalized spacial score (nSPS) is 13.5. The zero-order valence-corrected chi connectivity index (χ0v) is 47.1. The van der Waals surface area contributed by atoms with Crippen LogP contribution in [0.15, 0.2) is 60.8 Å². The Morgan fingerprint density at radius 3 is 1.15 bits per heavy atom. The first-order chi connectivity index (χ1) is 34.8. The van der Waals surface area contributed by atoms with Crippen LogP contribution in [0.4, 0.5) is 0 Å². The number of hydrogen-bond donors (Lipinski definition) is 2. The first-order valence-corrected chi connectivity index (χ1v) is 31.3. The minimum Gasteiger partial charge on any atom is -0.462 e. The van der Waals surface area contributed by atoms with E-state index in [0.29, 0.717) is 6.42 Å². The molecule has 3 N–H and O–H groups in total. The zero-order chi connectivity index (χ0) is 51.7. The number of rotatable bonds is 56. The van der Waals surface area contributed by atoms with Crippen molar-refractivity contribution in [2.24, 2.45) is 5.73 Å². The summed E-state index contributed by atoms with van der Waals surface area (Å²) in [5.74, 6) is -0.839. The molecule has 414 valence electrons. The van der Waals surface area contributed by atoms with Gasteiger partial charge in [-0.2, -0.15) is 0 Å². The Kier molecular flexibility index (Phi) is 55.2. The number of ether oxygens (including phenoxy) is 2. The van der Waals surface area contributed by atoms with E-state index in [9.17, 15) is 19.0 Å². The molecule has 71 heavy (non-hydrogen) atoms. The number of phosphoric acid groups is 1. The van der Waals surface area contributed by atoms with E-state index in [1.165, 1.54) is 173 Å². The molecule has 0 aliphatic carbocycles. The molecule has 10 heteroatoms. The van der Waals surface area contributed by atoms with E-state index >= 15 is 0 Å². The van der Waals surface area contributed by atoms with Gasteiger partial charge in [-0.1, -0.05) is 254 Å². The Hall–Kier alpha value is -2.29. The molecule has 0 aromatic carbocycles. The third kappa shape index (κ3) is 56.9. The average Bonchev–Trinajstić information content (AvgIpc) is 3.36. The maximum absolute atomic E-state index is 12.6. The standard InChI is InChI=1S/C61H112NO8P/c1-3-5-7-9-11-13-15-17-19-20-21-22-23-24-25-26-27-28-29-30-31-32-33-34-35-36-37-38-40-41-43-45-47-49-51-53-60(63)67-57-59(58-69-71(65,66)68-56-55-62)70-61(64)54-52-50-48-46-44-42-39-18-16-14-12-10-8-6-4-2/h6,8,12,14-15,17-18,20-21,39,59H,3-5,7,9-11,13,16,19,22-38,40-58,62H2,1-2H3,(H,65,66)/b8-6-,14-12-,17-15-,21-20-,39-18-. The molecule has 9 nitrogen and oxygen atoms in total. The maximum atomic E-state index is 12.6. The van der Waals surface area contributed by atoms with Gasteiger partial charge in [-0.3, -0.25) is 18.6 Å². The number of hydrogen-bond acceptors (Lipinski definition) is 8. The summed E-state index contributed by atoms with van der Waals surface area (Å²) in [7, 11) is -4.39. The second-order valence-corrected chi connectivity index (χ2v) is 21.3. The molecule has 0 aliphatic heterocycles. The predicted octanol–water partition coefficient (Wildman–Crippen LogP) is 18.7. The number of esters is 2. The van der Waals surface area contributed by atoms with Crippen molar-refractivity contribution in [3.05, 3.63) is 60.8 Å². The molecule has 0 bridgehead atoms. The summed E-state index contributed by atoms with van der Waals surface area (Å²) in [6.07, 6.45) is 71.6. The largest absolute Gasteiger partial charge is 0.472 e. The van der Waals surface area contributed by atoms with Crippen molar-refractivity contribution in [2.75, 3.05) is 26.4 Å². The molecule has 0 saturated heterocycles. The van der Waals surface area contributed by atoms with Gasteiger partial charge in [0.05, 0.1) is 13.2 Å². The van der Waals surface area contributed by atoms with Crippen molar-refractivity contribution in [1.29, 1.82) is 0 Å². The summed E-state index contributed by atoms with van der Waals surface area (Å²) >= 11 is 0. The van der Waals surface area contributed by atoms with Gasteiger partial charge in [0.15, 0.2) is 6.10 Å². The van der Waals surface area contributed by atoms with Gasteiger partial charge in [0.1, 0.15) is 6.61 Å². The first-order valence-electron chi connectivity index (χ1n) is 29.8. The lowest BCUT2D eigenvalue weighted by Crippen LogP contribution is -2.29. The SMILES string of the molecule is CC/C=C\C/C=C\C/C=C\CCCCCCCC(=O)OC(COC(=O)CCCCCCCCCCCCCCCCCCCCCCCCC/C=C\C/C=C\CCCCCCC)COP(=O)(O)OCCN. The fraction of sp³-hybridized carbons (Fsp3) is 0.803. The lowest BCUT2D eigenvalue weighted by atomic mass is 10.0. The third-order valence-electron chi connectivity index (χ3n) is 12.9. The smallest absolute Gasteiger partial charge is 0.462 e. The van der Waals surface area contributed by atoms with Gasteiger partial charge in [0.25, 0.3) is 0 Å². The first kappa shape index (κ1) is 68.7. The molecule has 0 rings (SSSR count). The van der Waals surface area contributed by atoms with Gasteiger partial charge in [0.2, 0.25) is 0 Å². The van der Waals surface area contributed by atoms with Crippen LogP contribution in [0.2, 0.25) is 0 Å². The summed E-state index contributed by atoms with van der Waals surface area (Å²) in [6.45, 7) is 3.62. The molecule has 0 aliphatic rings. The van der Waals surface area contributed by atoms with E-state index in [2.05, 4.69) is 74.6 Å². The second kappa shape index (κ2) is 57.0. The predicted molar refractivity (Wildman–Crippen MR) is 303 cm³/mol. The van der Waals surface area contributed by atoms with E-state index in [0.717, 1.165) is 77.0 Å². The van der Waals surface area contributed by atoms with Crippen LogP contribution in [0.5, 0.6) is 0 Å². The monoisotopic (exact) mass is 1020 g/mol. The highest BCUT2D eigenvalue weighted by atomic mass is 31.2. The van der Waals surface area contributed by atoms with Crippen LogP contribution in [-0.2, 0) is 32.7 Å². The third-order valence-corrected chi connectivity index (χ3v) is 13.9. The van der Waals surface area contributed by atoms with Crippen molar-refractivity contribution >= 4 is 19.8 Å². The Bertz CT molecular complexity index is 1350. The number of nitrogens with two attached hydrogens (primary N) is 1. The number of unbranched alkanes of at least 4 members (excludes halogenated alkanes) is 33. The molecule has 2 atom stereocenters. The summed E-state index contributed by atoms with van der Waals surface area (Å²) in [5.41, 5.74) is 5.37. The lowest BCUT2D eigenvalue weighted by molar-refractivity contribution is -0.161. The highest BCUT2D eigenvalue weighted by molar-refractivity contribution is 7.47. The molecule has 0 aromatic heterocycles. The minimum atomic E-state index is -4.39. The molecule has 0 saturated carbocycles. The summed E-state index contributed by atoms with van der Waals surface area (Å²) < 4.78 is 33.0. The Morgan fingerprint density at radius 2 is 0.775 bits per heavy atom. The van der Waals surface area contributed by atoms with Crippen LogP contribution < -0.4 is 5.73 Å². The number of carbonyl (C=O) groups excluding carboxylic acids is 2. The van der Waals surface area contributed by atoms with Crippen LogP contribution in [-0.4, -0.2) is 49.3 Å². The van der Waals surface area contributed by atoms with E-state index in [1.54, 1.807) is 0 Å². The minimum absolute atomic E-state index is 0.0496. The molecular weight excluding hydrogens is 906 g/mol. The van der Waals surface area contributed by atoms with Gasteiger partial charge in [-0.15, -0.1) is 0 Å². The quantitative estimate of drug-likeness (QED) is 0.0264. The summed E-state index contributed by atoms with van der Waals surface area (Å²) in [6, 6.07) is 0. The van der Waals surface area contributed by atoms with Crippen LogP contribution in [0.3, 0.4) is 0 Å². The highest BCUT2D eigenvalue weighted by Crippen LogP contribution is 2.43. The number of phosphoric ester groups is 1. The molecule has 0 amide bonds. The van der Waals surface area contributed by atoms with Gasteiger partial charge in [0, 0.05) is 19.4 Å². The number of allylic oxidation sites excluding steroid dienone is 10. The molecule has 0 spiro atoms. The van der Waals surface area contributed by atoms with Crippen LogP contribution in [0.1, 0.15) is 284 Å². The summed E-state index contributed by atoms with van der Waals surface area (Å²) in [4.78, 5) is 35.1. The van der Waals surface area contributed by atoms with Gasteiger partial charge < -0.3 is 20.1 Å². The van der Waals surface area contributed by atoms with E-state index in [1.807, 2.05) is 0 Å². The molecule has 0 aromatic rings. The Labute approximate surface area is 438 Å². The fourth-order valence-corrected chi connectivity index (χ4v) is 9.27. The second-order valence-electron chi connectivity index (χ2n) is 19.8. The van der Waals surface area contributed by atoms with E-state index in [-0.39, 0.29) is 38.6 Å². The highest BCUT2D eigenvalue weighted by Gasteiger charge is 2.26. The maximum Gasteiger partial charge on any atom is 0.472 e. The van der Waals surface area contributed by atoms with E-state index < -0.39 is 26.5 Å². The van der Waals surface area contributed by atoms with Crippen molar-refractivity contribution in [2.45, 2.75) is 290 Å². The van der Waals surface area contributed by atoms with Crippen LogP contribution in [0, 0.1) is 0 Å². The van der Waals surface area contributed by atoms with E-state index in [4.69, 9.17) is 24.3 Å². The molecule has 0 heterocycles. The van der Waals surface area contributed by atoms with Gasteiger partial charge >= 0.3 is 19.8 Å². The number of carbonyl (C=O) groups is 2. The Balaban J connectivity index is 3.81. The van der Waals surface area contributed by atoms with Crippen molar-refractivity contribution in [3.63, 3.8) is 0 Å². The summed E-state index contributed by atoms with van der Waals surface area (Å²) in [5, 5.41) is 0. The van der Waals surface area contributed by atoms with Crippen LogP contribution >= 0.6 is 7.82 Å². The zero-order valence-electron chi connectivity index (χ0n) is 46.2. The molecule has 2 unspecified atom stereocenters. The van der Waals surface area contributed by atoms with Gasteiger partial charge in [-0.05, 0) is 77.0 Å².